The number of carboxylic acids is 6. The van der Waals surface area contributed by atoms with Gasteiger partial charge in [0.15, 0.2) is 0 Å². The van der Waals surface area contributed by atoms with E-state index in [9.17, 15) is 28.8 Å². The minimum atomic E-state index is -0.870. The second-order valence-corrected chi connectivity index (χ2v) is 5.98. The van der Waals surface area contributed by atoms with Crippen molar-refractivity contribution in [2.75, 3.05) is 0 Å². The fourth-order valence-electron chi connectivity index (χ4n) is 1.66. The molecule has 0 unspecified atom stereocenters. The van der Waals surface area contributed by atoms with Gasteiger partial charge in [-0.3, -0.25) is 28.8 Å². The topological polar surface area (TPSA) is 224 Å². The average Bonchev–Trinajstić information content (AvgIpc) is 2.60. The minimum absolute atomic E-state index is 0. The van der Waals surface area contributed by atoms with E-state index in [-0.39, 0.29) is 116 Å². The Morgan fingerprint density at radius 1 is 0.312 bits per heavy atom. The van der Waals surface area contributed by atoms with Gasteiger partial charge in [0.2, 0.25) is 0 Å². The molecule has 192 valence electrons. The number of hydrogen-bond acceptors (Lipinski definition) is 6. The van der Waals surface area contributed by atoms with Gasteiger partial charge in [-0.1, -0.05) is 0 Å². The maximum atomic E-state index is 9.90. The molecular formula is C18H30O12Tb2. The first-order valence-corrected chi connectivity index (χ1v) is 9.19. The molecule has 0 aliphatic rings. The SMILES string of the molecule is O=C(O)CCCCC(=O)O.O=C(O)CCCCC(=O)O.O=C(O)CCCCC(=O)O.[Tb].[Tb]. The molecule has 12 nitrogen and oxygen atoms in total. The molecule has 0 bridgehead atoms. The molecule has 0 aromatic carbocycles. The fraction of sp³-hybridized carbons (Fsp3) is 0.667. The first-order chi connectivity index (χ1) is 13.9. The van der Waals surface area contributed by atoms with Crippen molar-refractivity contribution in [3.8, 4) is 0 Å². The minimum Gasteiger partial charge on any atom is -0.481 e. The number of hydrogen-bond donors (Lipinski definition) is 6. The van der Waals surface area contributed by atoms with Crippen molar-refractivity contribution in [1.29, 1.82) is 0 Å². The molecule has 6 N–H and O–H groups in total. The first-order valence-electron chi connectivity index (χ1n) is 9.19. The molecule has 14 heteroatoms. The Kier molecular flexibility index (Phi) is 39.5. The van der Waals surface area contributed by atoms with Crippen molar-refractivity contribution < 1.29 is 137 Å². The zero-order chi connectivity index (χ0) is 23.9. The van der Waals surface area contributed by atoms with Crippen LogP contribution in [0.4, 0.5) is 0 Å². The number of carbonyl (C=O) groups is 6. The summed E-state index contributed by atoms with van der Waals surface area (Å²) in [5.74, 6) is -5.22. The Morgan fingerprint density at radius 3 is 0.469 bits per heavy atom. The van der Waals surface area contributed by atoms with Gasteiger partial charge in [-0.15, -0.1) is 0 Å². The number of carboxylic acid groups (broad SMARTS) is 6. The Hall–Kier alpha value is -0.609. The zero-order valence-corrected chi connectivity index (χ0v) is 21.6. The van der Waals surface area contributed by atoms with Crippen molar-refractivity contribution in [2.45, 2.75) is 77.0 Å². The molecular weight excluding hydrogens is 726 g/mol. The molecule has 0 saturated heterocycles. The summed E-state index contributed by atoms with van der Waals surface area (Å²) in [7, 11) is 0. The molecule has 0 saturated carbocycles. The summed E-state index contributed by atoms with van der Waals surface area (Å²) < 4.78 is 0. The van der Waals surface area contributed by atoms with Crippen LogP contribution >= 0.6 is 0 Å². The molecule has 0 heterocycles. The molecule has 0 aromatic heterocycles. The van der Waals surface area contributed by atoms with Crippen LogP contribution in [0.25, 0.3) is 0 Å². The molecule has 0 aromatic rings. The summed E-state index contributed by atoms with van der Waals surface area (Å²) >= 11 is 0. The van der Waals surface area contributed by atoms with E-state index in [2.05, 4.69) is 0 Å². The van der Waals surface area contributed by atoms with Crippen molar-refractivity contribution >= 4 is 35.8 Å². The molecule has 0 aliphatic heterocycles. The van der Waals surface area contributed by atoms with Crippen LogP contribution < -0.4 is 0 Å². The molecule has 0 atom stereocenters. The maximum Gasteiger partial charge on any atom is 0.303 e. The van der Waals surface area contributed by atoms with Crippen LogP contribution in [0, 0.1) is 77.2 Å². The van der Waals surface area contributed by atoms with Crippen molar-refractivity contribution in [3.63, 3.8) is 0 Å². The second-order valence-electron chi connectivity index (χ2n) is 5.98. The van der Waals surface area contributed by atoms with E-state index in [1.807, 2.05) is 0 Å². The summed E-state index contributed by atoms with van der Waals surface area (Å²) in [5.41, 5.74) is 0. The number of unbranched alkanes of at least 4 members (excludes halogenated alkanes) is 3. The predicted molar refractivity (Wildman–Crippen MR) is 101 cm³/mol. The predicted octanol–water partition coefficient (Wildman–Crippen LogP) is 2.15. The van der Waals surface area contributed by atoms with Gasteiger partial charge < -0.3 is 30.6 Å². The van der Waals surface area contributed by atoms with Gasteiger partial charge in [0.25, 0.3) is 0 Å². The summed E-state index contributed by atoms with van der Waals surface area (Å²) in [6, 6.07) is 0. The van der Waals surface area contributed by atoms with Crippen LogP contribution in [0.2, 0.25) is 0 Å². The van der Waals surface area contributed by atoms with E-state index in [0.717, 1.165) is 0 Å². The number of aliphatic carboxylic acids is 6. The van der Waals surface area contributed by atoms with E-state index in [1.165, 1.54) is 0 Å². The molecule has 0 rings (SSSR count). The summed E-state index contributed by atoms with van der Waals surface area (Å²) in [6.07, 6.45) is 3.05. The van der Waals surface area contributed by atoms with E-state index in [1.54, 1.807) is 0 Å². The Balaban J connectivity index is -0.000000110. The van der Waals surface area contributed by atoms with Crippen molar-refractivity contribution in [3.05, 3.63) is 0 Å². The third-order valence-corrected chi connectivity index (χ3v) is 3.09. The summed E-state index contributed by atoms with van der Waals surface area (Å²) in [5, 5.41) is 48.8. The molecule has 2 radical (unpaired) electrons. The van der Waals surface area contributed by atoms with Gasteiger partial charge in [-0.05, 0) is 38.5 Å². The summed E-state index contributed by atoms with van der Waals surface area (Å²) in [6.45, 7) is 0. The van der Waals surface area contributed by atoms with Crippen LogP contribution in [0.15, 0.2) is 0 Å². The Labute approximate surface area is 247 Å². The number of rotatable bonds is 15. The van der Waals surface area contributed by atoms with Crippen LogP contribution in [-0.2, 0) is 28.8 Å². The molecule has 32 heavy (non-hydrogen) atoms. The molecule has 0 fully saturated rings. The maximum absolute atomic E-state index is 9.90. The van der Waals surface area contributed by atoms with Gasteiger partial charge in [0.05, 0.1) is 0 Å². The third-order valence-electron chi connectivity index (χ3n) is 3.09. The van der Waals surface area contributed by atoms with Crippen LogP contribution in [-0.4, -0.2) is 66.5 Å². The monoisotopic (exact) mass is 756 g/mol. The van der Waals surface area contributed by atoms with Gasteiger partial charge >= 0.3 is 35.8 Å². The van der Waals surface area contributed by atoms with E-state index in [4.69, 9.17) is 30.6 Å². The molecule has 0 amide bonds. The standard InChI is InChI=1S/3C6H10O4.2Tb/c3*7-5(8)3-1-2-4-6(9)10;;/h3*1-4H2,(H,7,8)(H,9,10);;. The quantitative estimate of drug-likeness (QED) is 0.132. The fourth-order valence-corrected chi connectivity index (χ4v) is 1.66. The van der Waals surface area contributed by atoms with Gasteiger partial charge in [-0.25, -0.2) is 0 Å². The normalized spacial score (nSPS) is 8.62. The van der Waals surface area contributed by atoms with E-state index in [0.29, 0.717) is 38.5 Å². The van der Waals surface area contributed by atoms with Gasteiger partial charge in [0.1, 0.15) is 0 Å². The smallest absolute Gasteiger partial charge is 0.303 e. The first kappa shape index (κ1) is 41.6. The van der Waals surface area contributed by atoms with Gasteiger partial charge in [0, 0.05) is 116 Å². The Morgan fingerprint density at radius 2 is 0.406 bits per heavy atom. The van der Waals surface area contributed by atoms with E-state index < -0.39 is 35.8 Å². The summed E-state index contributed by atoms with van der Waals surface area (Å²) in [4.78, 5) is 59.4. The zero-order valence-electron chi connectivity index (χ0n) is 17.3. The second kappa shape index (κ2) is 30.4. The molecule has 0 spiro atoms. The van der Waals surface area contributed by atoms with Crippen LogP contribution in [0.3, 0.4) is 0 Å². The Bertz CT molecular complexity index is 428. The third kappa shape index (κ3) is 57.0. The van der Waals surface area contributed by atoms with E-state index >= 15 is 0 Å². The van der Waals surface area contributed by atoms with Gasteiger partial charge in [-0.2, -0.15) is 0 Å². The largest absolute Gasteiger partial charge is 0.481 e. The van der Waals surface area contributed by atoms with Crippen LogP contribution in [0.1, 0.15) is 77.0 Å². The average molecular weight is 756 g/mol. The van der Waals surface area contributed by atoms with Crippen LogP contribution in [0.5, 0.6) is 0 Å². The molecule has 0 aliphatic carbocycles. The van der Waals surface area contributed by atoms with Crippen molar-refractivity contribution in [1.82, 2.24) is 0 Å². The van der Waals surface area contributed by atoms with Crippen molar-refractivity contribution in [2.24, 2.45) is 0 Å².